The molecule has 1 N–H and O–H groups in total. The Hall–Kier alpha value is -3.08. The van der Waals surface area contributed by atoms with Crippen molar-refractivity contribution >= 4 is 28.2 Å². The van der Waals surface area contributed by atoms with Crippen LogP contribution in [0.3, 0.4) is 0 Å². The molecular formula is C17H14F3N5O2S. The summed E-state index contributed by atoms with van der Waals surface area (Å²) in [5, 5.41) is 14.8. The van der Waals surface area contributed by atoms with Crippen LogP contribution in [-0.4, -0.2) is 31.7 Å². The topological polar surface area (TPSA) is 89.8 Å². The minimum absolute atomic E-state index is 0.0242. The standard InChI is InChI=1S/C17H14F3N5O2S/c1-8-13(14(26)15(27)21-16-23-22-10(3)28-16)9(2)25(24-8)12-6-4-5-11(7-12)17(18,19)20/h4-7H,1-3H3,(H,21,23,27). The number of carbonyl (C=O) groups excluding carboxylic acids is 2. The molecule has 11 heteroatoms. The van der Waals surface area contributed by atoms with Gasteiger partial charge in [-0.3, -0.25) is 14.9 Å². The highest BCUT2D eigenvalue weighted by Gasteiger charge is 2.31. The lowest BCUT2D eigenvalue weighted by atomic mass is 10.1. The second-order valence-electron chi connectivity index (χ2n) is 5.92. The predicted molar refractivity (Wildman–Crippen MR) is 95.6 cm³/mol. The number of alkyl halides is 3. The molecule has 0 saturated heterocycles. The van der Waals surface area contributed by atoms with Gasteiger partial charge < -0.3 is 0 Å². The van der Waals surface area contributed by atoms with Crippen LogP contribution in [0.5, 0.6) is 0 Å². The van der Waals surface area contributed by atoms with Gasteiger partial charge in [0.1, 0.15) is 5.01 Å². The number of ketones is 1. The van der Waals surface area contributed by atoms with Crippen LogP contribution in [-0.2, 0) is 11.0 Å². The molecule has 0 fully saturated rings. The Balaban J connectivity index is 1.94. The van der Waals surface area contributed by atoms with Gasteiger partial charge in [-0.15, -0.1) is 10.2 Å². The summed E-state index contributed by atoms with van der Waals surface area (Å²) < 4.78 is 40.1. The molecular weight excluding hydrogens is 395 g/mol. The molecule has 1 aromatic carbocycles. The molecule has 0 unspecified atom stereocenters. The van der Waals surface area contributed by atoms with Crippen LogP contribution in [0.2, 0.25) is 0 Å². The molecule has 0 aliphatic rings. The van der Waals surface area contributed by atoms with Crippen LogP contribution in [0.1, 0.15) is 32.3 Å². The van der Waals surface area contributed by atoms with E-state index < -0.39 is 23.4 Å². The van der Waals surface area contributed by atoms with Gasteiger partial charge in [-0.05, 0) is 39.0 Å². The van der Waals surface area contributed by atoms with Crippen molar-refractivity contribution in [1.29, 1.82) is 0 Å². The Morgan fingerprint density at radius 3 is 2.46 bits per heavy atom. The number of halogens is 3. The summed E-state index contributed by atoms with van der Waals surface area (Å²) >= 11 is 1.11. The van der Waals surface area contributed by atoms with Crippen molar-refractivity contribution in [3.8, 4) is 5.69 Å². The lowest BCUT2D eigenvalue weighted by molar-refractivity contribution is -0.137. The predicted octanol–water partition coefficient (Wildman–Crippen LogP) is 3.49. The maximum absolute atomic E-state index is 13.0. The molecule has 0 aliphatic heterocycles. The summed E-state index contributed by atoms with van der Waals surface area (Å²) in [6.07, 6.45) is -4.51. The van der Waals surface area contributed by atoms with Gasteiger partial charge in [0.05, 0.1) is 28.2 Å². The molecule has 0 spiro atoms. The summed E-state index contributed by atoms with van der Waals surface area (Å²) in [7, 11) is 0. The smallest absolute Gasteiger partial charge is 0.294 e. The first-order chi connectivity index (χ1) is 13.1. The van der Waals surface area contributed by atoms with E-state index in [1.807, 2.05) is 0 Å². The van der Waals surface area contributed by atoms with Crippen molar-refractivity contribution < 1.29 is 22.8 Å². The van der Waals surface area contributed by atoms with Gasteiger partial charge in [0.25, 0.3) is 11.7 Å². The average molecular weight is 409 g/mol. The fourth-order valence-electron chi connectivity index (χ4n) is 2.65. The zero-order chi connectivity index (χ0) is 20.6. The minimum Gasteiger partial charge on any atom is -0.294 e. The molecule has 146 valence electrons. The van der Waals surface area contributed by atoms with E-state index in [1.54, 1.807) is 6.92 Å². The van der Waals surface area contributed by atoms with Crippen LogP contribution in [0.4, 0.5) is 18.3 Å². The number of carbonyl (C=O) groups is 2. The largest absolute Gasteiger partial charge is 0.416 e. The third-order valence-corrected chi connectivity index (χ3v) is 4.64. The molecule has 2 aromatic heterocycles. The maximum atomic E-state index is 13.0. The molecule has 0 atom stereocenters. The van der Waals surface area contributed by atoms with Crippen LogP contribution in [0, 0.1) is 20.8 Å². The SMILES string of the molecule is Cc1nnc(NC(=O)C(=O)c2c(C)nn(-c3cccc(C(F)(F)F)c3)c2C)s1. The van der Waals surface area contributed by atoms with Crippen molar-refractivity contribution in [2.45, 2.75) is 26.9 Å². The van der Waals surface area contributed by atoms with Gasteiger partial charge in [-0.2, -0.15) is 18.3 Å². The zero-order valence-electron chi connectivity index (χ0n) is 15.0. The maximum Gasteiger partial charge on any atom is 0.416 e. The number of nitrogens with zero attached hydrogens (tertiary/aromatic N) is 4. The number of rotatable bonds is 4. The fraction of sp³-hybridized carbons (Fsp3) is 0.235. The van der Waals surface area contributed by atoms with E-state index in [-0.39, 0.29) is 27.8 Å². The average Bonchev–Trinajstić information content (AvgIpc) is 3.16. The zero-order valence-corrected chi connectivity index (χ0v) is 15.8. The highest BCUT2D eigenvalue weighted by molar-refractivity contribution is 7.15. The summed E-state index contributed by atoms with van der Waals surface area (Å²) in [4.78, 5) is 24.8. The molecule has 0 radical (unpaired) electrons. The second-order valence-corrected chi connectivity index (χ2v) is 7.10. The summed E-state index contributed by atoms with van der Waals surface area (Å²) in [5.74, 6) is -1.79. The Morgan fingerprint density at radius 2 is 1.86 bits per heavy atom. The van der Waals surface area contributed by atoms with Gasteiger partial charge in [0.2, 0.25) is 5.13 Å². The Labute approximate surface area is 161 Å². The third kappa shape index (κ3) is 3.79. The minimum atomic E-state index is -4.51. The highest BCUT2D eigenvalue weighted by atomic mass is 32.1. The van der Waals surface area contributed by atoms with Gasteiger partial charge in [0.15, 0.2) is 0 Å². The van der Waals surface area contributed by atoms with Crippen molar-refractivity contribution in [3.05, 3.63) is 51.8 Å². The lowest BCUT2D eigenvalue weighted by Gasteiger charge is -2.10. The summed E-state index contributed by atoms with van der Waals surface area (Å²) in [6.45, 7) is 4.71. The van der Waals surface area contributed by atoms with E-state index >= 15 is 0 Å². The molecule has 0 bridgehead atoms. The van der Waals surface area contributed by atoms with E-state index in [2.05, 4.69) is 20.6 Å². The third-order valence-electron chi connectivity index (χ3n) is 3.89. The molecule has 0 aliphatic carbocycles. The number of aryl methyl sites for hydroxylation is 2. The molecule has 3 rings (SSSR count). The van der Waals surface area contributed by atoms with Gasteiger partial charge in [-0.1, -0.05) is 17.4 Å². The Kier molecular flexibility index (Phi) is 5.02. The molecule has 1 amide bonds. The monoisotopic (exact) mass is 409 g/mol. The van der Waals surface area contributed by atoms with Crippen LogP contribution < -0.4 is 5.32 Å². The Bertz CT molecular complexity index is 1070. The van der Waals surface area contributed by atoms with Crippen LogP contribution in [0.15, 0.2) is 24.3 Å². The number of hydrogen-bond donors (Lipinski definition) is 1. The van der Waals surface area contributed by atoms with E-state index in [0.717, 1.165) is 23.5 Å². The highest BCUT2D eigenvalue weighted by Crippen LogP contribution is 2.31. The number of aromatic nitrogens is 4. The van der Waals surface area contributed by atoms with Crippen molar-refractivity contribution in [3.63, 3.8) is 0 Å². The molecule has 0 saturated carbocycles. The van der Waals surface area contributed by atoms with Gasteiger partial charge in [-0.25, -0.2) is 4.68 Å². The van der Waals surface area contributed by atoms with E-state index in [4.69, 9.17) is 0 Å². The quantitative estimate of drug-likeness (QED) is 0.526. The van der Waals surface area contributed by atoms with Crippen molar-refractivity contribution in [1.82, 2.24) is 20.0 Å². The van der Waals surface area contributed by atoms with E-state index in [0.29, 0.717) is 5.01 Å². The lowest BCUT2D eigenvalue weighted by Crippen LogP contribution is -2.24. The van der Waals surface area contributed by atoms with Gasteiger partial charge >= 0.3 is 6.18 Å². The van der Waals surface area contributed by atoms with E-state index in [1.165, 1.54) is 30.7 Å². The number of hydrogen-bond acceptors (Lipinski definition) is 6. The van der Waals surface area contributed by atoms with Crippen molar-refractivity contribution in [2.24, 2.45) is 0 Å². The Morgan fingerprint density at radius 1 is 1.14 bits per heavy atom. The molecule has 28 heavy (non-hydrogen) atoms. The second kappa shape index (κ2) is 7.15. The number of amides is 1. The normalized spacial score (nSPS) is 11.5. The van der Waals surface area contributed by atoms with Crippen molar-refractivity contribution in [2.75, 3.05) is 5.32 Å². The number of Topliss-reactive ketones (excluding diaryl/α,β-unsaturated/α-hetero) is 1. The summed E-state index contributed by atoms with van der Waals surface area (Å²) in [5.41, 5.74) is -0.200. The van der Waals surface area contributed by atoms with Crippen LogP contribution in [0.25, 0.3) is 5.69 Å². The first-order valence-electron chi connectivity index (χ1n) is 7.97. The van der Waals surface area contributed by atoms with Crippen LogP contribution >= 0.6 is 11.3 Å². The molecule has 7 nitrogen and oxygen atoms in total. The first-order valence-corrected chi connectivity index (χ1v) is 8.79. The van der Waals surface area contributed by atoms with Gasteiger partial charge in [0, 0.05) is 0 Å². The fourth-order valence-corrected chi connectivity index (χ4v) is 3.24. The number of anilines is 1. The first kappa shape index (κ1) is 19.7. The van der Waals surface area contributed by atoms with E-state index in [9.17, 15) is 22.8 Å². The molecule has 2 heterocycles. The number of nitrogens with one attached hydrogen (secondary N) is 1. The summed E-state index contributed by atoms with van der Waals surface area (Å²) in [6, 6.07) is 4.56. The molecule has 3 aromatic rings. The number of benzene rings is 1.